The first-order valence-electron chi connectivity index (χ1n) is 9.22. The van der Waals surface area contributed by atoms with Crippen molar-refractivity contribution in [2.45, 2.75) is 26.2 Å². The van der Waals surface area contributed by atoms with E-state index < -0.39 is 0 Å². The third-order valence-electron chi connectivity index (χ3n) is 4.83. The van der Waals surface area contributed by atoms with Gasteiger partial charge in [0, 0.05) is 51.0 Å². The normalized spacial score (nSPS) is 18.7. The van der Waals surface area contributed by atoms with Gasteiger partial charge >= 0.3 is 0 Å². The van der Waals surface area contributed by atoms with Gasteiger partial charge in [-0.05, 0) is 31.4 Å². The number of guanidine groups is 1. The second-order valence-corrected chi connectivity index (χ2v) is 6.64. The molecule has 0 spiro atoms. The Morgan fingerprint density at radius 2 is 2.04 bits per heavy atom. The van der Waals surface area contributed by atoms with Gasteiger partial charge in [0.2, 0.25) is 0 Å². The zero-order valence-corrected chi connectivity index (χ0v) is 15.0. The average molecular weight is 330 g/mol. The first kappa shape index (κ1) is 16.9. The van der Waals surface area contributed by atoms with Crippen LogP contribution in [-0.2, 0) is 0 Å². The van der Waals surface area contributed by atoms with E-state index >= 15 is 0 Å². The Morgan fingerprint density at radius 1 is 1.25 bits per heavy atom. The third kappa shape index (κ3) is 4.56. The molecule has 1 heterocycles. The molecular weight excluding hydrogens is 300 g/mol. The maximum absolute atomic E-state index is 5.34. The molecule has 132 valence electrons. The molecule has 1 aliphatic carbocycles. The number of methoxy groups -OCH3 is 1. The van der Waals surface area contributed by atoms with Crippen LogP contribution in [0.15, 0.2) is 29.3 Å². The van der Waals surface area contributed by atoms with E-state index in [0.717, 1.165) is 56.9 Å². The number of nitrogens with one attached hydrogen (secondary N) is 1. The lowest BCUT2D eigenvalue weighted by Gasteiger charge is -2.37. The lowest BCUT2D eigenvalue weighted by atomic mass is 10.2. The van der Waals surface area contributed by atoms with Crippen LogP contribution in [0.2, 0.25) is 0 Å². The Hall–Kier alpha value is -1.91. The van der Waals surface area contributed by atoms with Gasteiger partial charge in [0.15, 0.2) is 5.96 Å². The van der Waals surface area contributed by atoms with E-state index in [0.29, 0.717) is 0 Å². The van der Waals surface area contributed by atoms with Gasteiger partial charge in [-0.3, -0.25) is 4.99 Å². The maximum atomic E-state index is 5.34. The number of benzene rings is 1. The maximum Gasteiger partial charge on any atom is 0.194 e. The van der Waals surface area contributed by atoms with E-state index in [-0.39, 0.29) is 0 Å². The van der Waals surface area contributed by atoms with Gasteiger partial charge in [0.25, 0.3) is 0 Å². The number of hydrogen-bond acceptors (Lipinski definition) is 3. The topological polar surface area (TPSA) is 40.1 Å². The number of hydrogen-bond donors (Lipinski definition) is 1. The molecule has 0 radical (unpaired) electrons. The Bertz CT molecular complexity index is 548. The fourth-order valence-electron chi connectivity index (χ4n) is 3.17. The number of aliphatic imine (C=N–C) groups is 1. The second kappa shape index (κ2) is 8.27. The smallest absolute Gasteiger partial charge is 0.194 e. The Kier molecular flexibility index (Phi) is 5.83. The summed E-state index contributed by atoms with van der Waals surface area (Å²) in [6.07, 6.45) is 4.06. The molecule has 2 fully saturated rings. The van der Waals surface area contributed by atoms with E-state index in [4.69, 9.17) is 9.73 Å². The first-order chi connectivity index (χ1) is 11.8. The van der Waals surface area contributed by atoms with Crippen LogP contribution in [0.4, 0.5) is 5.69 Å². The van der Waals surface area contributed by atoms with Crippen LogP contribution in [-0.4, -0.2) is 57.2 Å². The van der Waals surface area contributed by atoms with Gasteiger partial charge < -0.3 is 19.9 Å². The lowest BCUT2D eigenvalue weighted by molar-refractivity contribution is 0.371. The Balaban J connectivity index is 1.55. The minimum absolute atomic E-state index is 0.921. The first-order valence-corrected chi connectivity index (χ1v) is 9.22. The molecule has 3 rings (SSSR count). The van der Waals surface area contributed by atoms with Crippen LogP contribution >= 0.6 is 0 Å². The number of ether oxygens (including phenoxy) is 1. The summed E-state index contributed by atoms with van der Waals surface area (Å²) in [4.78, 5) is 9.65. The van der Waals surface area contributed by atoms with E-state index in [1.165, 1.54) is 24.9 Å². The molecule has 24 heavy (non-hydrogen) atoms. The summed E-state index contributed by atoms with van der Waals surface area (Å²) in [5.74, 6) is 2.95. The van der Waals surface area contributed by atoms with Crippen LogP contribution in [0.1, 0.15) is 26.2 Å². The Labute approximate surface area is 145 Å². The summed E-state index contributed by atoms with van der Waals surface area (Å²) >= 11 is 0. The van der Waals surface area contributed by atoms with Crippen molar-refractivity contribution in [1.29, 1.82) is 0 Å². The van der Waals surface area contributed by atoms with Crippen molar-refractivity contribution < 1.29 is 4.74 Å². The van der Waals surface area contributed by atoms with Crippen molar-refractivity contribution in [1.82, 2.24) is 10.2 Å². The van der Waals surface area contributed by atoms with E-state index in [9.17, 15) is 0 Å². The summed E-state index contributed by atoms with van der Waals surface area (Å²) in [6.45, 7) is 8.07. The van der Waals surface area contributed by atoms with E-state index in [1.54, 1.807) is 7.11 Å². The van der Waals surface area contributed by atoms with Crippen molar-refractivity contribution in [2.75, 3.05) is 51.3 Å². The van der Waals surface area contributed by atoms with Crippen LogP contribution in [0.3, 0.4) is 0 Å². The molecular formula is C19H30N4O. The van der Waals surface area contributed by atoms with Crippen molar-refractivity contribution >= 4 is 11.6 Å². The molecule has 1 saturated carbocycles. The molecule has 1 aliphatic heterocycles. The highest BCUT2D eigenvalue weighted by Crippen LogP contribution is 2.32. The Morgan fingerprint density at radius 3 is 2.71 bits per heavy atom. The molecule has 1 saturated heterocycles. The molecule has 0 aromatic heterocycles. The summed E-state index contributed by atoms with van der Waals surface area (Å²) in [6, 6.07) is 8.33. The summed E-state index contributed by atoms with van der Waals surface area (Å²) in [5, 5.41) is 3.46. The largest absolute Gasteiger partial charge is 0.497 e. The number of anilines is 1. The van der Waals surface area contributed by atoms with Gasteiger partial charge in [0.05, 0.1) is 7.11 Å². The van der Waals surface area contributed by atoms with Gasteiger partial charge in [-0.15, -0.1) is 0 Å². The predicted octanol–water partition coefficient (Wildman–Crippen LogP) is 2.58. The van der Waals surface area contributed by atoms with Crippen LogP contribution in [0.25, 0.3) is 0 Å². The van der Waals surface area contributed by atoms with Crippen molar-refractivity contribution in [2.24, 2.45) is 10.9 Å². The van der Waals surface area contributed by atoms with Gasteiger partial charge in [-0.1, -0.05) is 18.9 Å². The number of nitrogens with zero attached hydrogens (tertiary/aromatic N) is 3. The van der Waals surface area contributed by atoms with Gasteiger partial charge in [0.1, 0.15) is 5.75 Å². The number of rotatable bonds is 6. The molecule has 0 bridgehead atoms. The van der Waals surface area contributed by atoms with E-state index in [1.807, 2.05) is 6.07 Å². The van der Waals surface area contributed by atoms with Crippen molar-refractivity contribution in [3.63, 3.8) is 0 Å². The zero-order valence-electron chi connectivity index (χ0n) is 15.0. The van der Waals surface area contributed by atoms with Crippen molar-refractivity contribution in [3.8, 4) is 5.75 Å². The van der Waals surface area contributed by atoms with Gasteiger partial charge in [-0.2, -0.15) is 0 Å². The highest BCUT2D eigenvalue weighted by Gasteiger charge is 2.22. The average Bonchev–Trinajstić information content (AvgIpc) is 3.45. The summed E-state index contributed by atoms with van der Waals surface area (Å²) in [7, 11) is 1.72. The minimum Gasteiger partial charge on any atom is -0.497 e. The SMILES string of the molecule is CCNC(=NCCC1CC1)N1CCN(c2cccc(OC)c2)CC1. The fourth-order valence-corrected chi connectivity index (χ4v) is 3.17. The highest BCUT2D eigenvalue weighted by molar-refractivity contribution is 5.80. The second-order valence-electron chi connectivity index (χ2n) is 6.64. The molecule has 5 nitrogen and oxygen atoms in total. The minimum atomic E-state index is 0.921. The van der Waals surface area contributed by atoms with Crippen LogP contribution in [0, 0.1) is 5.92 Å². The molecule has 0 amide bonds. The molecule has 1 aromatic carbocycles. The molecule has 0 unspecified atom stereocenters. The molecule has 1 N–H and O–H groups in total. The molecule has 1 aromatic rings. The van der Waals surface area contributed by atoms with Gasteiger partial charge in [-0.25, -0.2) is 0 Å². The quantitative estimate of drug-likeness (QED) is 0.643. The van der Waals surface area contributed by atoms with E-state index in [2.05, 4.69) is 40.2 Å². The van der Waals surface area contributed by atoms with Crippen LogP contribution < -0.4 is 15.0 Å². The highest BCUT2D eigenvalue weighted by atomic mass is 16.5. The standard InChI is InChI=1S/C19H30N4O/c1-3-20-19(21-10-9-16-7-8-16)23-13-11-22(12-14-23)17-5-4-6-18(15-17)24-2/h4-6,15-16H,3,7-14H2,1-2H3,(H,20,21). The van der Waals surface area contributed by atoms with Crippen LogP contribution in [0.5, 0.6) is 5.75 Å². The molecule has 0 atom stereocenters. The monoisotopic (exact) mass is 330 g/mol. The summed E-state index contributed by atoms with van der Waals surface area (Å²) < 4.78 is 5.34. The zero-order chi connectivity index (χ0) is 16.8. The summed E-state index contributed by atoms with van der Waals surface area (Å²) in [5.41, 5.74) is 1.24. The lowest BCUT2D eigenvalue weighted by Crippen LogP contribution is -2.52. The molecule has 5 heteroatoms. The predicted molar refractivity (Wildman–Crippen MR) is 100 cm³/mol. The third-order valence-corrected chi connectivity index (χ3v) is 4.83. The fraction of sp³-hybridized carbons (Fsp3) is 0.632. The van der Waals surface area contributed by atoms with Crippen molar-refractivity contribution in [3.05, 3.63) is 24.3 Å². The number of piperazine rings is 1. The molecule has 2 aliphatic rings.